The van der Waals surface area contributed by atoms with Crippen LogP contribution in [0.3, 0.4) is 0 Å². The van der Waals surface area contributed by atoms with Crippen LogP contribution in [-0.2, 0) is 29.2 Å². The number of halogens is 3. The van der Waals surface area contributed by atoms with Gasteiger partial charge in [-0.3, -0.25) is 9.59 Å². The number of aromatic nitrogens is 3. The molecule has 140 valence electrons. The number of anilines is 1. The van der Waals surface area contributed by atoms with Gasteiger partial charge >= 0.3 is 6.18 Å². The van der Waals surface area contributed by atoms with Gasteiger partial charge in [-0.1, -0.05) is 23.9 Å². The van der Waals surface area contributed by atoms with E-state index in [-0.39, 0.29) is 17.9 Å². The molecule has 7 nitrogen and oxygen atoms in total. The number of primary amides is 1. The first-order valence-electron chi connectivity index (χ1n) is 7.44. The molecule has 1 aromatic heterocycles. The van der Waals surface area contributed by atoms with Gasteiger partial charge in [-0.05, 0) is 12.1 Å². The predicted octanol–water partition coefficient (Wildman–Crippen LogP) is 1.98. The predicted molar refractivity (Wildman–Crippen MR) is 89.3 cm³/mol. The van der Waals surface area contributed by atoms with E-state index in [2.05, 4.69) is 15.5 Å². The highest BCUT2D eigenvalue weighted by Crippen LogP contribution is 2.34. The number of carbonyl (C=O) groups is 2. The molecule has 0 saturated carbocycles. The van der Waals surface area contributed by atoms with Crippen LogP contribution < -0.4 is 11.1 Å². The molecule has 26 heavy (non-hydrogen) atoms. The molecule has 2 rings (SSSR count). The second-order valence-electron chi connectivity index (χ2n) is 5.30. The lowest BCUT2D eigenvalue weighted by atomic mass is 10.1. The van der Waals surface area contributed by atoms with Gasteiger partial charge in [0.25, 0.3) is 0 Å². The molecule has 2 amide bonds. The minimum absolute atomic E-state index is 0.116. The summed E-state index contributed by atoms with van der Waals surface area (Å²) in [5.74, 6) is -0.694. The van der Waals surface area contributed by atoms with Crippen LogP contribution in [0.1, 0.15) is 17.8 Å². The molecule has 2 aromatic rings. The number of amides is 2. The van der Waals surface area contributed by atoms with E-state index in [0.717, 1.165) is 17.8 Å². The smallest absolute Gasteiger partial charge is 0.370 e. The first-order valence-corrected chi connectivity index (χ1v) is 8.42. The lowest BCUT2D eigenvalue weighted by Crippen LogP contribution is -2.18. The lowest BCUT2D eigenvalue weighted by molar-refractivity contribution is -0.137. The molecule has 1 aromatic carbocycles. The third-order valence-corrected chi connectivity index (χ3v) is 4.38. The number of aryl methyl sites for hydroxylation is 1. The Labute approximate surface area is 151 Å². The normalized spacial score (nSPS) is 11.4. The Morgan fingerprint density at radius 2 is 1.96 bits per heavy atom. The number of alkyl halides is 3. The number of rotatable bonds is 7. The Balaban J connectivity index is 1.97. The quantitative estimate of drug-likeness (QED) is 0.707. The Hall–Kier alpha value is -2.56. The van der Waals surface area contributed by atoms with Crippen LogP contribution in [-0.4, -0.2) is 32.3 Å². The summed E-state index contributed by atoms with van der Waals surface area (Å²) in [5.41, 5.74) is 3.87. The van der Waals surface area contributed by atoms with Crippen LogP contribution in [0.2, 0.25) is 0 Å². The highest BCUT2D eigenvalue weighted by atomic mass is 32.2. The van der Waals surface area contributed by atoms with E-state index in [1.807, 2.05) is 0 Å². The molecule has 1 heterocycles. The topological polar surface area (TPSA) is 103 Å². The fourth-order valence-corrected chi connectivity index (χ4v) is 2.81. The summed E-state index contributed by atoms with van der Waals surface area (Å²) in [6.07, 6.45) is -4.13. The van der Waals surface area contributed by atoms with Crippen LogP contribution in [0, 0.1) is 0 Å². The van der Waals surface area contributed by atoms with Crippen LogP contribution in [0.4, 0.5) is 18.9 Å². The summed E-state index contributed by atoms with van der Waals surface area (Å²) in [6, 6.07) is 4.75. The standard InChI is InChI=1S/C15H16F3N5O2S/c1-23-12(7-6-11(19)24)21-22-14(23)26-8-13(25)20-10-5-3-2-4-9(10)15(16,17)18/h2-5H,6-8H2,1H3,(H2,19,24)(H,20,25). The van der Waals surface area contributed by atoms with E-state index in [0.29, 0.717) is 17.4 Å². The van der Waals surface area contributed by atoms with Crippen molar-refractivity contribution in [2.24, 2.45) is 12.8 Å². The Bertz CT molecular complexity index is 807. The number of benzene rings is 1. The molecule has 0 radical (unpaired) electrons. The van der Waals surface area contributed by atoms with E-state index >= 15 is 0 Å². The van der Waals surface area contributed by atoms with E-state index in [1.54, 1.807) is 11.6 Å². The fraction of sp³-hybridized carbons (Fsp3) is 0.333. The average molecular weight is 387 g/mol. The van der Waals surface area contributed by atoms with Gasteiger partial charge in [0.15, 0.2) is 5.16 Å². The van der Waals surface area contributed by atoms with E-state index in [9.17, 15) is 22.8 Å². The number of para-hydroxylation sites is 1. The first kappa shape index (κ1) is 19.8. The minimum Gasteiger partial charge on any atom is -0.370 e. The van der Waals surface area contributed by atoms with Crippen molar-refractivity contribution >= 4 is 29.3 Å². The number of thioether (sulfide) groups is 1. The monoisotopic (exact) mass is 387 g/mol. The summed E-state index contributed by atoms with van der Waals surface area (Å²) in [7, 11) is 1.66. The highest BCUT2D eigenvalue weighted by molar-refractivity contribution is 7.99. The van der Waals surface area contributed by atoms with Crippen molar-refractivity contribution in [1.29, 1.82) is 0 Å². The van der Waals surface area contributed by atoms with Crippen molar-refractivity contribution < 1.29 is 22.8 Å². The zero-order valence-electron chi connectivity index (χ0n) is 13.7. The summed E-state index contributed by atoms with van der Waals surface area (Å²) < 4.78 is 40.4. The lowest BCUT2D eigenvalue weighted by Gasteiger charge is -2.13. The molecule has 0 bridgehead atoms. The van der Waals surface area contributed by atoms with E-state index in [4.69, 9.17) is 5.73 Å². The highest BCUT2D eigenvalue weighted by Gasteiger charge is 2.33. The SMILES string of the molecule is Cn1c(CCC(N)=O)nnc1SCC(=O)Nc1ccccc1C(F)(F)F. The second-order valence-corrected chi connectivity index (χ2v) is 6.25. The van der Waals surface area contributed by atoms with Gasteiger partial charge in [-0.25, -0.2) is 0 Å². The molecule has 0 spiro atoms. The summed E-state index contributed by atoms with van der Waals surface area (Å²) in [4.78, 5) is 22.8. The first-order chi connectivity index (χ1) is 12.2. The molecule has 0 saturated heterocycles. The van der Waals surface area contributed by atoms with Gasteiger partial charge in [-0.2, -0.15) is 13.2 Å². The Morgan fingerprint density at radius 3 is 2.62 bits per heavy atom. The number of nitrogens with zero attached hydrogens (tertiary/aromatic N) is 3. The molecular formula is C15H16F3N5O2S. The molecule has 0 aliphatic heterocycles. The number of nitrogens with one attached hydrogen (secondary N) is 1. The van der Waals surface area contributed by atoms with Crippen LogP contribution in [0.15, 0.2) is 29.4 Å². The average Bonchev–Trinajstić information content (AvgIpc) is 2.90. The number of hydrogen-bond donors (Lipinski definition) is 2. The largest absolute Gasteiger partial charge is 0.418 e. The summed E-state index contributed by atoms with van der Waals surface area (Å²) in [6.45, 7) is 0. The van der Waals surface area contributed by atoms with Crippen molar-refractivity contribution in [3.63, 3.8) is 0 Å². The van der Waals surface area contributed by atoms with Crippen molar-refractivity contribution in [1.82, 2.24) is 14.8 Å². The molecule has 0 atom stereocenters. The maximum absolute atomic E-state index is 12.9. The third kappa shape index (κ3) is 5.22. The van der Waals surface area contributed by atoms with Crippen molar-refractivity contribution in [2.75, 3.05) is 11.1 Å². The summed E-state index contributed by atoms with van der Waals surface area (Å²) in [5, 5.41) is 10.5. The van der Waals surface area contributed by atoms with Crippen LogP contribution in [0.25, 0.3) is 0 Å². The number of carbonyl (C=O) groups excluding carboxylic acids is 2. The maximum Gasteiger partial charge on any atom is 0.418 e. The fourth-order valence-electron chi connectivity index (χ4n) is 2.08. The van der Waals surface area contributed by atoms with Crippen molar-refractivity contribution in [3.05, 3.63) is 35.7 Å². The molecule has 0 fully saturated rings. The molecule has 0 aliphatic rings. The Kier molecular flexibility index (Phi) is 6.24. The molecule has 0 aliphatic carbocycles. The van der Waals surface area contributed by atoms with Gasteiger partial charge in [0, 0.05) is 19.9 Å². The zero-order chi connectivity index (χ0) is 19.3. The maximum atomic E-state index is 12.9. The van der Waals surface area contributed by atoms with Crippen molar-refractivity contribution in [3.8, 4) is 0 Å². The van der Waals surface area contributed by atoms with Gasteiger partial charge < -0.3 is 15.6 Å². The zero-order valence-corrected chi connectivity index (χ0v) is 14.5. The van der Waals surface area contributed by atoms with E-state index < -0.39 is 23.6 Å². The molecule has 11 heteroatoms. The molecule has 0 unspecified atom stereocenters. The second kappa shape index (κ2) is 8.21. The number of hydrogen-bond acceptors (Lipinski definition) is 5. The molecular weight excluding hydrogens is 371 g/mol. The van der Waals surface area contributed by atoms with Gasteiger partial charge in [0.1, 0.15) is 5.82 Å². The Morgan fingerprint density at radius 1 is 1.27 bits per heavy atom. The number of nitrogens with two attached hydrogens (primary N) is 1. The van der Waals surface area contributed by atoms with Crippen LogP contribution in [0.5, 0.6) is 0 Å². The van der Waals surface area contributed by atoms with Gasteiger partial charge in [0.05, 0.1) is 17.0 Å². The van der Waals surface area contributed by atoms with E-state index in [1.165, 1.54) is 18.2 Å². The molecule has 3 N–H and O–H groups in total. The van der Waals surface area contributed by atoms with Crippen LogP contribution >= 0.6 is 11.8 Å². The summed E-state index contributed by atoms with van der Waals surface area (Å²) >= 11 is 1.02. The van der Waals surface area contributed by atoms with Gasteiger partial charge in [0.2, 0.25) is 11.8 Å². The van der Waals surface area contributed by atoms with Crippen molar-refractivity contribution in [2.45, 2.75) is 24.2 Å². The van der Waals surface area contributed by atoms with Gasteiger partial charge in [-0.15, -0.1) is 10.2 Å². The third-order valence-electron chi connectivity index (χ3n) is 3.36. The minimum atomic E-state index is -4.56.